The predicted octanol–water partition coefficient (Wildman–Crippen LogP) is -7.63. The zero-order valence-corrected chi connectivity index (χ0v) is 49.7. The average molecular weight is 1230 g/mol. The van der Waals surface area contributed by atoms with Crippen LogP contribution in [0, 0.1) is 5.92 Å². The van der Waals surface area contributed by atoms with Gasteiger partial charge in [-0.15, -0.1) is 0 Å². The summed E-state index contributed by atoms with van der Waals surface area (Å²) in [5.74, 6) is -13.4. The number of unbranched alkanes of at least 4 members (excludes halogenated alkanes) is 4. The first kappa shape index (κ1) is 69.4. The first-order valence-electron chi connectivity index (χ1n) is 27.0. The Hall–Kier alpha value is -6.33. The molecule has 0 bridgehead atoms. The van der Waals surface area contributed by atoms with Gasteiger partial charge in [-0.25, -0.2) is 8.42 Å². The molecule has 0 saturated carbocycles. The number of phenols is 1. The molecule has 0 aromatic heterocycles. The molecule has 3 aliphatic heterocycles. The molecule has 3 heterocycles. The number of nitrogens with one attached hydrogen (secondary N) is 5. The minimum atomic E-state index is -5.59. The van der Waals surface area contributed by atoms with E-state index in [-0.39, 0.29) is 35.1 Å². The van der Waals surface area contributed by atoms with Gasteiger partial charge in [0.05, 0.1) is 37.4 Å². The molecule has 8 amide bonds. The van der Waals surface area contributed by atoms with Gasteiger partial charge < -0.3 is 102 Å². The molecule has 3 fully saturated rings. The van der Waals surface area contributed by atoms with Crippen molar-refractivity contribution in [1.29, 1.82) is 0 Å². The van der Waals surface area contributed by atoms with Crippen LogP contribution in [0.1, 0.15) is 94.2 Å². The molecule has 3 aliphatic rings. The number of benzene rings is 3. The molecular weight excluding hydrogens is 1160 g/mol. The summed E-state index contributed by atoms with van der Waals surface area (Å²) in [7, 11) is -5.59. The van der Waals surface area contributed by atoms with Gasteiger partial charge in [-0.05, 0) is 66.1 Å². The number of aliphatic hydroxyl groups is 8. The number of carbonyl (C=O) groups excluding carboxylic acids is 8. The third kappa shape index (κ3) is 17.9. The number of phenolic OH excluding ortho intramolecular Hbond substituents is 1. The van der Waals surface area contributed by atoms with Crippen LogP contribution in [0.25, 0.3) is 10.8 Å². The number of primary amides is 1. The molecule has 30 nitrogen and oxygen atoms in total. The predicted molar refractivity (Wildman–Crippen MR) is 288 cm³/mol. The van der Waals surface area contributed by atoms with Crippen LogP contribution >= 0.6 is 0 Å². The second-order valence-corrected chi connectivity index (χ2v) is 22.1. The summed E-state index contributed by atoms with van der Waals surface area (Å²) < 4.78 is 44.4. The number of ether oxygens (including phenoxy) is 1. The Balaban J connectivity index is 0.0000132. The van der Waals surface area contributed by atoms with E-state index >= 15 is 0 Å². The van der Waals surface area contributed by atoms with Crippen LogP contribution in [0.4, 0.5) is 0 Å². The number of carbonyl (C=O) groups is 8. The third-order valence-corrected chi connectivity index (χ3v) is 15.0. The SMILES string of the molecule is CCCCCCCOc1ccc2cc(C(=O)N[C@@H]3C[C@@H](O)[C@@H](O)NC(=O)[C@@H]4[C@@H](O)[C@@H](C)CN4C(=O)[C@H]([C@H](O)CC(N)=O)NC(=O)[C@H]([C@H](O)[C@@H](O)c4ccc(O)c(OS(=O)(=O)[O-])c4)NC(=O)[C@@H]4C[C@@H](O)CN4C(=O)C([C@@H](C)O)NC3=O)ccc2c1.[Na+]. The van der Waals surface area contributed by atoms with Crippen LogP contribution in [0.2, 0.25) is 0 Å². The largest absolute Gasteiger partial charge is 1.00 e. The smallest absolute Gasteiger partial charge is 0.716 e. The van der Waals surface area contributed by atoms with E-state index in [9.17, 15) is 97.3 Å². The van der Waals surface area contributed by atoms with Crippen LogP contribution in [0.3, 0.4) is 0 Å². The summed E-state index contributed by atoms with van der Waals surface area (Å²) in [6.07, 6.45) is -15.0. The van der Waals surface area contributed by atoms with Crippen molar-refractivity contribution in [3.8, 4) is 17.2 Å². The van der Waals surface area contributed by atoms with Crippen molar-refractivity contribution in [3.63, 3.8) is 0 Å². The van der Waals surface area contributed by atoms with E-state index < -0.39 is 198 Å². The number of aromatic hydroxyl groups is 1. The molecule has 85 heavy (non-hydrogen) atoms. The van der Waals surface area contributed by atoms with Gasteiger partial charge in [0.15, 0.2) is 17.7 Å². The molecule has 16 N–H and O–H groups in total. The standard InChI is InChI=1S/C53H72N8O22S.Na/c1-4-5-6-7-8-15-82-31-13-11-26-16-29(10-9-27(26)17-31)46(71)55-32-20-36(66)49(74)59-51(76)42-43(68)24(2)22-61(42)53(78)40(35(65)21-38(54)67)57-50(75)41(45(70)44(69)28-12-14-34(64)37(18-28)83-84(79,80)81)58-48(73)33-19-30(63)23-60(33)52(77)39(25(3)62)56-47(32)72;/h9-14,16-18,24-25,30,32-33,35-36,39-45,49,62-66,68-70,74H,4-8,15,19-23H2,1-3H3,(H2,54,67)(H,55,71)(H,56,72)(H,57,75)(H,58,73)(H,59,76)(H,79,80,81);/q;+1/p-1/t24-,25+,30+,32+,33-,35+,36+,39?,40-,41-,42-,43-,44-,45-,49+;/m0./s1. The number of hydrogen-bond acceptors (Lipinski definition) is 22. The molecule has 6 rings (SSSR count). The van der Waals surface area contributed by atoms with E-state index in [1.165, 1.54) is 19.1 Å². The molecule has 462 valence electrons. The van der Waals surface area contributed by atoms with Crippen molar-refractivity contribution in [2.75, 3.05) is 19.7 Å². The molecule has 0 aliphatic carbocycles. The molecule has 0 spiro atoms. The second-order valence-electron chi connectivity index (χ2n) is 21.2. The summed E-state index contributed by atoms with van der Waals surface area (Å²) in [6, 6.07) is -1.34. The Morgan fingerprint density at radius 2 is 1.41 bits per heavy atom. The number of amides is 8. The van der Waals surface area contributed by atoms with E-state index in [1.54, 1.807) is 24.3 Å². The van der Waals surface area contributed by atoms with Crippen LogP contribution < -0.4 is 70.8 Å². The molecule has 1 unspecified atom stereocenters. The van der Waals surface area contributed by atoms with Crippen molar-refractivity contribution >= 4 is 68.4 Å². The van der Waals surface area contributed by atoms with Gasteiger partial charge in [-0.3, -0.25) is 38.4 Å². The fourth-order valence-corrected chi connectivity index (χ4v) is 10.4. The summed E-state index contributed by atoms with van der Waals surface area (Å²) >= 11 is 0. The normalized spacial score (nSPS) is 27.1. The Morgan fingerprint density at radius 3 is 2.07 bits per heavy atom. The second kappa shape index (κ2) is 30.3. The van der Waals surface area contributed by atoms with Gasteiger partial charge in [-0.2, -0.15) is 0 Å². The van der Waals surface area contributed by atoms with Gasteiger partial charge in [0, 0.05) is 37.4 Å². The minimum absolute atomic E-state index is 0. The van der Waals surface area contributed by atoms with Crippen LogP contribution in [-0.4, -0.2) is 215 Å². The maximum Gasteiger partial charge on any atom is 1.00 e. The number of nitrogens with two attached hydrogens (primary N) is 1. The molecule has 15 atom stereocenters. The number of aliphatic hydroxyl groups excluding tert-OH is 8. The van der Waals surface area contributed by atoms with E-state index in [4.69, 9.17) is 10.5 Å². The summed E-state index contributed by atoms with van der Waals surface area (Å²) in [5, 5.41) is 113. The van der Waals surface area contributed by atoms with Crippen molar-refractivity contribution < 1.29 is 136 Å². The Bertz CT molecular complexity index is 3030. The molecule has 3 aromatic rings. The molecular formula is C53H71N8NaO22S. The van der Waals surface area contributed by atoms with Crippen molar-refractivity contribution in [1.82, 2.24) is 36.4 Å². The Kier molecular flexibility index (Phi) is 24.8. The van der Waals surface area contributed by atoms with Gasteiger partial charge in [0.1, 0.15) is 60.3 Å². The fourth-order valence-electron chi connectivity index (χ4n) is 10.1. The molecule has 3 saturated heterocycles. The van der Waals surface area contributed by atoms with Crippen LogP contribution in [0.5, 0.6) is 17.2 Å². The molecule has 32 heteroatoms. The zero-order valence-electron chi connectivity index (χ0n) is 46.8. The van der Waals surface area contributed by atoms with Crippen molar-refractivity contribution in [2.45, 2.75) is 157 Å². The number of fused-ring (bicyclic) bond motifs is 3. The average Bonchev–Trinajstić information content (AvgIpc) is 4.09. The first-order chi connectivity index (χ1) is 39.5. The van der Waals surface area contributed by atoms with E-state index in [1.807, 2.05) is 10.6 Å². The number of hydrogen-bond donors (Lipinski definition) is 15. The van der Waals surface area contributed by atoms with E-state index in [0.29, 0.717) is 45.1 Å². The van der Waals surface area contributed by atoms with Gasteiger partial charge >= 0.3 is 29.6 Å². The Labute approximate surface area is 509 Å². The summed E-state index contributed by atoms with van der Waals surface area (Å²) in [4.78, 5) is 114. The maximum absolute atomic E-state index is 14.6. The number of nitrogens with zero attached hydrogens (tertiary/aromatic N) is 2. The maximum atomic E-state index is 14.6. The molecule has 0 radical (unpaired) electrons. The van der Waals surface area contributed by atoms with Gasteiger partial charge in [-0.1, -0.05) is 57.7 Å². The summed E-state index contributed by atoms with van der Waals surface area (Å²) in [6.45, 7) is 3.71. The van der Waals surface area contributed by atoms with Gasteiger partial charge in [0.25, 0.3) is 16.3 Å². The van der Waals surface area contributed by atoms with E-state index in [2.05, 4.69) is 27.1 Å². The molecule has 3 aromatic carbocycles. The third-order valence-electron chi connectivity index (χ3n) is 14.7. The first-order valence-corrected chi connectivity index (χ1v) is 28.3. The zero-order chi connectivity index (χ0) is 62.1. The Morgan fingerprint density at radius 1 is 0.776 bits per heavy atom. The van der Waals surface area contributed by atoms with Crippen LogP contribution in [0.15, 0.2) is 54.6 Å². The van der Waals surface area contributed by atoms with Crippen LogP contribution in [-0.2, 0) is 44.0 Å². The van der Waals surface area contributed by atoms with Gasteiger partial charge in [0.2, 0.25) is 41.4 Å². The van der Waals surface area contributed by atoms with E-state index in [0.717, 1.165) is 45.1 Å². The topological polar surface area (TPSA) is 487 Å². The fraction of sp³-hybridized carbons (Fsp3) is 0.547. The number of rotatable bonds is 18. The van der Waals surface area contributed by atoms with Crippen molar-refractivity contribution in [2.24, 2.45) is 11.7 Å². The van der Waals surface area contributed by atoms with Crippen molar-refractivity contribution in [3.05, 3.63) is 65.7 Å². The summed E-state index contributed by atoms with van der Waals surface area (Å²) in [5.41, 5.74) is 4.68. The monoisotopic (exact) mass is 1230 g/mol. The quantitative estimate of drug-likeness (QED) is 0.0243. The minimum Gasteiger partial charge on any atom is -0.716 e.